The summed E-state index contributed by atoms with van der Waals surface area (Å²) in [5.74, 6) is 2.67. The van der Waals surface area contributed by atoms with Gasteiger partial charge in [-0.05, 0) is 63.2 Å². The number of allylic oxidation sites excluding steroid dienone is 2. The molecule has 0 heterocycles. The molecule has 0 amide bonds. The molecule has 0 unspecified atom stereocenters. The van der Waals surface area contributed by atoms with Crippen molar-refractivity contribution in [2.45, 2.75) is 45.4 Å². The predicted molar refractivity (Wildman–Crippen MR) is 75.7 cm³/mol. The zero-order chi connectivity index (χ0) is 13.6. The van der Waals surface area contributed by atoms with Gasteiger partial charge in [0.1, 0.15) is 0 Å². The molecule has 3 heteroatoms. The second kappa shape index (κ2) is 4.52. The molecule has 3 nitrogen and oxygen atoms in total. The first-order valence-corrected chi connectivity index (χ1v) is 7.58. The Bertz CT molecular complexity index is 406. The lowest BCUT2D eigenvalue weighted by Gasteiger charge is -2.57. The van der Waals surface area contributed by atoms with Crippen LogP contribution in [-0.2, 0) is 0 Å². The van der Waals surface area contributed by atoms with Crippen LogP contribution >= 0.6 is 0 Å². The first-order chi connectivity index (χ1) is 9.02. The van der Waals surface area contributed by atoms with Gasteiger partial charge in [0, 0.05) is 25.2 Å². The molecule has 1 N–H and O–H groups in total. The molecule has 0 aliphatic heterocycles. The highest BCUT2D eigenvalue weighted by molar-refractivity contribution is 5.35. The summed E-state index contributed by atoms with van der Waals surface area (Å²) < 4.78 is 0. The highest BCUT2D eigenvalue weighted by Gasteiger charge is 2.53. The molecular formula is C16H25N3. The summed E-state index contributed by atoms with van der Waals surface area (Å²) in [6.07, 6.45) is 8.06. The number of nitrogens with one attached hydrogen (secondary N) is 1. The van der Waals surface area contributed by atoms with Gasteiger partial charge in [-0.15, -0.1) is 0 Å². The van der Waals surface area contributed by atoms with Crippen LogP contribution in [0.1, 0.15) is 45.4 Å². The van der Waals surface area contributed by atoms with E-state index in [1.54, 1.807) is 0 Å². The van der Waals surface area contributed by atoms with Gasteiger partial charge in [0.05, 0.1) is 11.6 Å². The van der Waals surface area contributed by atoms with Crippen molar-refractivity contribution in [3.63, 3.8) is 0 Å². The van der Waals surface area contributed by atoms with E-state index in [-0.39, 0.29) is 5.41 Å². The first kappa shape index (κ1) is 13.0. The summed E-state index contributed by atoms with van der Waals surface area (Å²) in [5, 5.41) is 11.6. The van der Waals surface area contributed by atoms with Crippen molar-refractivity contribution in [2.75, 3.05) is 14.1 Å². The maximum absolute atomic E-state index is 9.70. The highest BCUT2D eigenvalue weighted by Crippen LogP contribution is 2.62. The molecule has 0 aromatic rings. The van der Waals surface area contributed by atoms with E-state index in [1.165, 1.54) is 38.5 Å². The van der Waals surface area contributed by atoms with E-state index < -0.39 is 0 Å². The number of hydrazine groups is 1. The highest BCUT2D eigenvalue weighted by atomic mass is 15.5. The molecule has 0 saturated heterocycles. The SMILES string of the molecule is C/C(NN(C)C)=C(/C#N)C12CC3CC(CC(C3)C1)C2. The van der Waals surface area contributed by atoms with Gasteiger partial charge in [-0.25, -0.2) is 5.01 Å². The molecule has 4 fully saturated rings. The third-order valence-electron chi connectivity index (χ3n) is 5.45. The predicted octanol–water partition coefficient (Wildman–Crippen LogP) is 3.07. The molecule has 4 aliphatic rings. The van der Waals surface area contributed by atoms with Crippen LogP contribution in [0, 0.1) is 34.5 Å². The van der Waals surface area contributed by atoms with Crippen LogP contribution in [0.25, 0.3) is 0 Å². The Balaban J connectivity index is 1.93. The number of hydrogen-bond donors (Lipinski definition) is 1. The van der Waals surface area contributed by atoms with Crippen LogP contribution in [0.4, 0.5) is 0 Å². The normalized spacial score (nSPS) is 41.1. The van der Waals surface area contributed by atoms with E-state index in [4.69, 9.17) is 0 Å². The first-order valence-electron chi connectivity index (χ1n) is 7.58. The maximum Gasteiger partial charge on any atom is 0.0971 e. The van der Waals surface area contributed by atoms with Gasteiger partial charge in [-0.3, -0.25) is 0 Å². The van der Waals surface area contributed by atoms with Crippen LogP contribution in [0.2, 0.25) is 0 Å². The van der Waals surface area contributed by atoms with Crippen molar-refractivity contribution in [3.05, 3.63) is 11.3 Å². The van der Waals surface area contributed by atoms with Crippen molar-refractivity contribution in [1.82, 2.24) is 10.4 Å². The Hall–Kier alpha value is -1.01. The fourth-order valence-corrected chi connectivity index (χ4v) is 5.41. The molecule has 19 heavy (non-hydrogen) atoms. The molecular weight excluding hydrogens is 234 g/mol. The maximum atomic E-state index is 9.70. The number of nitriles is 1. The van der Waals surface area contributed by atoms with Crippen LogP contribution in [0.3, 0.4) is 0 Å². The van der Waals surface area contributed by atoms with Gasteiger partial charge in [0.25, 0.3) is 0 Å². The Labute approximate surface area is 116 Å². The van der Waals surface area contributed by atoms with Crippen molar-refractivity contribution >= 4 is 0 Å². The average Bonchev–Trinajstić information content (AvgIpc) is 2.25. The van der Waals surface area contributed by atoms with Crippen molar-refractivity contribution in [2.24, 2.45) is 23.2 Å². The fourth-order valence-electron chi connectivity index (χ4n) is 5.41. The summed E-state index contributed by atoms with van der Waals surface area (Å²) in [5.41, 5.74) is 5.62. The van der Waals surface area contributed by atoms with E-state index in [1.807, 2.05) is 19.1 Å². The van der Waals surface area contributed by atoms with Crippen LogP contribution < -0.4 is 5.43 Å². The van der Waals surface area contributed by atoms with E-state index in [0.29, 0.717) is 0 Å². The molecule has 0 aromatic heterocycles. The molecule has 0 spiro atoms. The largest absolute Gasteiger partial charge is 0.323 e. The monoisotopic (exact) mass is 259 g/mol. The molecule has 4 bridgehead atoms. The molecule has 0 aromatic carbocycles. The summed E-state index contributed by atoms with van der Waals surface area (Å²) in [7, 11) is 3.97. The topological polar surface area (TPSA) is 39.1 Å². The molecule has 0 atom stereocenters. The third-order valence-corrected chi connectivity index (χ3v) is 5.45. The lowest BCUT2D eigenvalue weighted by molar-refractivity contribution is -0.0290. The Kier molecular flexibility index (Phi) is 3.09. The minimum Gasteiger partial charge on any atom is -0.323 e. The Morgan fingerprint density at radius 2 is 1.58 bits per heavy atom. The van der Waals surface area contributed by atoms with Crippen molar-refractivity contribution < 1.29 is 0 Å². The van der Waals surface area contributed by atoms with Crippen LogP contribution in [-0.4, -0.2) is 19.1 Å². The van der Waals surface area contributed by atoms with E-state index in [9.17, 15) is 5.26 Å². The van der Waals surface area contributed by atoms with E-state index >= 15 is 0 Å². The zero-order valence-corrected chi connectivity index (χ0v) is 12.4. The lowest BCUT2D eigenvalue weighted by atomic mass is 9.47. The number of nitrogens with zero attached hydrogens (tertiary/aromatic N) is 2. The summed E-state index contributed by atoms with van der Waals surface area (Å²) >= 11 is 0. The standard InChI is InChI=1S/C16H25N3/c1-11(18-19(2)3)15(10-17)16-7-12-4-13(8-16)6-14(5-12)9-16/h12-14,18H,4-9H2,1-3H3/b15-11+. The van der Waals surface area contributed by atoms with E-state index in [0.717, 1.165) is 29.0 Å². The fraction of sp³-hybridized carbons (Fsp3) is 0.812. The van der Waals surface area contributed by atoms with Crippen LogP contribution in [0.15, 0.2) is 11.3 Å². The minimum atomic E-state index is 0.205. The van der Waals surface area contributed by atoms with Crippen LogP contribution in [0.5, 0.6) is 0 Å². The summed E-state index contributed by atoms with van der Waals surface area (Å²) in [6, 6.07) is 2.55. The van der Waals surface area contributed by atoms with E-state index in [2.05, 4.69) is 18.4 Å². The molecule has 4 saturated carbocycles. The lowest BCUT2D eigenvalue weighted by Crippen LogP contribution is -2.47. The quantitative estimate of drug-likeness (QED) is 0.625. The van der Waals surface area contributed by atoms with Gasteiger partial charge < -0.3 is 5.43 Å². The summed E-state index contributed by atoms with van der Waals surface area (Å²) in [4.78, 5) is 0. The zero-order valence-electron chi connectivity index (χ0n) is 12.4. The molecule has 4 rings (SSSR count). The van der Waals surface area contributed by atoms with Crippen molar-refractivity contribution in [1.29, 1.82) is 5.26 Å². The van der Waals surface area contributed by atoms with Gasteiger partial charge in [0.15, 0.2) is 0 Å². The number of rotatable bonds is 3. The second-order valence-electron chi connectivity index (χ2n) is 7.32. The van der Waals surface area contributed by atoms with Gasteiger partial charge in [-0.1, -0.05) is 0 Å². The smallest absolute Gasteiger partial charge is 0.0971 e. The summed E-state index contributed by atoms with van der Waals surface area (Å²) in [6.45, 7) is 2.07. The second-order valence-corrected chi connectivity index (χ2v) is 7.32. The molecule has 4 aliphatic carbocycles. The number of hydrogen-bond acceptors (Lipinski definition) is 3. The average molecular weight is 259 g/mol. The van der Waals surface area contributed by atoms with Gasteiger partial charge in [0.2, 0.25) is 0 Å². The Morgan fingerprint density at radius 3 is 1.95 bits per heavy atom. The third kappa shape index (κ3) is 2.17. The van der Waals surface area contributed by atoms with Gasteiger partial charge >= 0.3 is 0 Å². The van der Waals surface area contributed by atoms with Gasteiger partial charge in [-0.2, -0.15) is 5.26 Å². The minimum absolute atomic E-state index is 0.205. The van der Waals surface area contributed by atoms with Crippen molar-refractivity contribution in [3.8, 4) is 6.07 Å². The Morgan fingerprint density at radius 1 is 1.11 bits per heavy atom. The molecule has 104 valence electrons. The molecule has 0 radical (unpaired) electrons.